The molecule has 2 heterocycles. The highest BCUT2D eigenvalue weighted by Crippen LogP contribution is 2.45. The summed E-state index contributed by atoms with van der Waals surface area (Å²) in [7, 11) is 0. The van der Waals surface area contributed by atoms with Gasteiger partial charge in [0, 0.05) is 21.7 Å². The number of nitrogens with zero attached hydrogens (tertiary/aromatic N) is 3. The van der Waals surface area contributed by atoms with Gasteiger partial charge in [-0.25, -0.2) is 9.97 Å². The molecule has 51 heavy (non-hydrogen) atoms. The second-order valence-electron chi connectivity index (χ2n) is 13.3. The largest absolute Gasteiger partial charge is 0.292 e. The van der Waals surface area contributed by atoms with Gasteiger partial charge >= 0.3 is 0 Å². The Hall–Kier alpha value is -6.84. The van der Waals surface area contributed by atoms with E-state index in [9.17, 15) is 0 Å². The second-order valence-corrected chi connectivity index (χ2v) is 13.3. The fourth-order valence-electron chi connectivity index (χ4n) is 8.38. The molecule has 0 bridgehead atoms. The molecule has 0 radical (unpaired) electrons. The third-order valence-electron chi connectivity index (χ3n) is 10.6. The molecule has 2 aromatic heterocycles. The van der Waals surface area contributed by atoms with Crippen molar-refractivity contribution in [1.82, 2.24) is 14.5 Å². The van der Waals surface area contributed by atoms with Crippen LogP contribution in [0.1, 0.15) is 0 Å². The van der Waals surface area contributed by atoms with Gasteiger partial charge in [-0.2, -0.15) is 0 Å². The van der Waals surface area contributed by atoms with Crippen LogP contribution in [-0.4, -0.2) is 14.5 Å². The van der Waals surface area contributed by atoms with Gasteiger partial charge in [-0.3, -0.25) is 4.57 Å². The molecule has 3 nitrogen and oxygen atoms in total. The molecule has 11 rings (SSSR count). The number of fused-ring (bicyclic) bond motifs is 12. The first-order valence-electron chi connectivity index (χ1n) is 17.4. The molecule has 0 atom stereocenters. The van der Waals surface area contributed by atoms with E-state index in [1.54, 1.807) is 0 Å². The predicted octanol–water partition coefficient (Wildman–Crippen LogP) is 12.7. The van der Waals surface area contributed by atoms with Crippen LogP contribution < -0.4 is 0 Å². The van der Waals surface area contributed by atoms with Crippen molar-refractivity contribution in [3.63, 3.8) is 0 Å². The minimum absolute atomic E-state index is 0.821. The second kappa shape index (κ2) is 10.8. The van der Waals surface area contributed by atoms with E-state index < -0.39 is 0 Å². The summed E-state index contributed by atoms with van der Waals surface area (Å²) in [5, 5.41) is 12.4. The van der Waals surface area contributed by atoms with Crippen LogP contribution >= 0.6 is 0 Å². The smallest absolute Gasteiger partial charge is 0.165 e. The van der Waals surface area contributed by atoms with Gasteiger partial charge in [-0.05, 0) is 73.1 Å². The van der Waals surface area contributed by atoms with Crippen molar-refractivity contribution in [3.8, 4) is 28.2 Å². The average molecular weight is 648 g/mol. The zero-order valence-electron chi connectivity index (χ0n) is 27.6. The van der Waals surface area contributed by atoms with Crippen LogP contribution in [-0.2, 0) is 0 Å². The fourth-order valence-corrected chi connectivity index (χ4v) is 8.38. The highest BCUT2D eigenvalue weighted by Gasteiger charge is 2.23. The molecule has 0 saturated carbocycles. The normalized spacial score (nSPS) is 11.9. The molecule has 0 N–H and O–H groups in total. The monoisotopic (exact) mass is 647 g/mol. The van der Waals surface area contributed by atoms with Crippen molar-refractivity contribution >= 4 is 75.9 Å². The first-order valence-corrected chi connectivity index (χ1v) is 17.4. The number of benzene rings is 9. The number of hydrogen-bond donors (Lipinski definition) is 0. The van der Waals surface area contributed by atoms with Crippen molar-refractivity contribution < 1.29 is 0 Å². The Morgan fingerprint density at radius 3 is 1.55 bits per heavy atom. The van der Waals surface area contributed by atoms with Crippen molar-refractivity contribution in [2.24, 2.45) is 0 Å². The van der Waals surface area contributed by atoms with Gasteiger partial charge in [0.25, 0.3) is 0 Å². The molecule has 3 heteroatoms. The lowest BCUT2D eigenvalue weighted by atomic mass is 9.92. The molecule has 0 amide bonds. The zero-order chi connectivity index (χ0) is 33.5. The third-order valence-corrected chi connectivity index (χ3v) is 10.6. The molecule has 0 unspecified atom stereocenters. The van der Waals surface area contributed by atoms with E-state index in [0.29, 0.717) is 0 Å². The Labute approximate surface area is 293 Å². The minimum Gasteiger partial charge on any atom is -0.292 e. The lowest BCUT2D eigenvalue weighted by Crippen LogP contribution is -2.04. The summed E-state index contributed by atoms with van der Waals surface area (Å²) in [5.41, 5.74) is 8.26. The van der Waals surface area contributed by atoms with E-state index in [0.717, 1.165) is 44.5 Å². The lowest BCUT2D eigenvalue weighted by molar-refractivity contribution is 1.08. The van der Waals surface area contributed by atoms with Crippen molar-refractivity contribution in [2.75, 3.05) is 0 Å². The van der Waals surface area contributed by atoms with Crippen molar-refractivity contribution in [3.05, 3.63) is 176 Å². The standard InChI is InChI=1S/C48H29N3/c1-2-14-30(15-3-1)31-26-27-39(36-20-7-4-16-32(31)36)47-48(50-42-24-12-11-23-41(42)49-47)51-43-25-13-10-22-40(43)46-44(51)29-28-38-35-19-6-5-17-33(35)34-18-8-9-21-37(34)45(38)46/h1-29H. The summed E-state index contributed by atoms with van der Waals surface area (Å²) in [6.07, 6.45) is 0. The fraction of sp³-hybridized carbons (Fsp3) is 0. The summed E-state index contributed by atoms with van der Waals surface area (Å²) in [6, 6.07) is 63.0. The first kappa shape index (κ1) is 28.0. The molecule has 236 valence electrons. The number of aromatic nitrogens is 3. The van der Waals surface area contributed by atoms with Crippen LogP contribution in [0, 0.1) is 0 Å². The van der Waals surface area contributed by atoms with Crippen molar-refractivity contribution in [1.29, 1.82) is 0 Å². The quantitative estimate of drug-likeness (QED) is 0.179. The van der Waals surface area contributed by atoms with E-state index >= 15 is 0 Å². The molecule has 0 saturated heterocycles. The topological polar surface area (TPSA) is 30.7 Å². The van der Waals surface area contributed by atoms with E-state index in [2.05, 4.69) is 168 Å². The number of para-hydroxylation sites is 3. The van der Waals surface area contributed by atoms with Crippen LogP contribution in [0.15, 0.2) is 176 Å². The van der Waals surface area contributed by atoms with Gasteiger partial charge in [0.1, 0.15) is 5.69 Å². The Morgan fingerprint density at radius 1 is 0.314 bits per heavy atom. The van der Waals surface area contributed by atoms with Gasteiger partial charge in [-0.1, -0.05) is 152 Å². The van der Waals surface area contributed by atoms with E-state index in [-0.39, 0.29) is 0 Å². The highest BCUT2D eigenvalue weighted by molar-refractivity contribution is 6.35. The molecule has 0 fully saturated rings. The van der Waals surface area contributed by atoms with E-state index in [1.807, 2.05) is 12.1 Å². The van der Waals surface area contributed by atoms with Crippen LogP contribution in [0.5, 0.6) is 0 Å². The summed E-state index contributed by atoms with van der Waals surface area (Å²) in [5.74, 6) is 0.821. The Kier molecular flexibility index (Phi) is 5.96. The molecular formula is C48H29N3. The van der Waals surface area contributed by atoms with Crippen LogP contribution in [0.4, 0.5) is 0 Å². The van der Waals surface area contributed by atoms with Gasteiger partial charge in [-0.15, -0.1) is 0 Å². The van der Waals surface area contributed by atoms with E-state index in [4.69, 9.17) is 9.97 Å². The molecule has 0 spiro atoms. The summed E-state index contributed by atoms with van der Waals surface area (Å²) in [4.78, 5) is 10.9. The molecule has 9 aromatic carbocycles. The van der Waals surface area contributed by atoms with Crippen LogP contribution in [0.2, 0.25) is 0 Å². The summed E-state index contributed by atoms with van der Waals surface area (Å²) < 4.78 is 2.35. The van der Waals surface area contributed by atoms with Crippen molar-refractivity contribution in [2.45, 2.75) is 0 Å². The van der Waals surface area contributed by atoms with Gasteiger partial charge in [0.2, 0.25) is 0 Å². The molecule has 11 aromatic rings. The lowest BCUT2D eigenvalue weighted by Gasteiger charge is -2.17. The van der Waals surface area contributed by atoms with Gasteiger partial charge < -0.3 is 0 Å². The zero-order valence-corrected chi connectivity index (χ0v) is 27.6. The Bertz CT molecular complexity index is 3160. The number of hydrogen-bond acceptors (Lipinski definition) is 2. The third kappa shape index (κ3) is 4.06. The molecule has 0 aliphatic rings. The summed E-state index contributed by atoms with van der Waals surface area (Å²) >= 11 is 0. The van der Waals surface area contributed by atoms with E-state index in [1.165, 1.54) is 59.6 Å². The first-order chi connectivity index (χ1) is 25.3. The maximum absolute atomic E-state index is 5.47. The summed E-state index contributed by atoms with van der Waals surface area (Å²) in [6.45, 7) is 0. The van der Waals surface area contributed by atoms with Gasteiger partial charge in [0.15, 0.2) is 5.82 Å². The number of rotatable bonds is 3. The predicted molar refractivity (Wildman–Crippen MR) is 215 cm³/mol. The Balaban J connectivity index is 1.30. The Morgan fingerprint density at radius 2 is 0.824 bits per heavy atom. The van der Waals surface area contributed by atoms with Gasteiger partial charge in [0.05, 0.1) is 22.1 Å². The minimum atomic E-state index is 0.821. The van der Waals surface area contributed by atoms with Crippen LogP contribution in [0.25, 0.3) is 104 Å². The van der Waals surface area contributed by atoms with Crippen LogP contribution in [0.3, 0.4) is 0 Å². The maximum atomic E-state index is 5.47. The molecular weight excluding hydrogens is 619 g/mol. The highest BCUT2D eigenvalue weighted by atomic mass is 15.1. The molecule has 0 aliphatic heterocycles. The average Bonchev–Trinajstić information content (AvgIpc) is 3.54. The molecule has 0 aliphatic carbocycles. The SMILES string of the molecule is c1ccc(-c2ccc(-c3nc4ccccc4nc3-n3c4ccccc4c4c5c6ccccc6c6ccccc6c5ccc43)c3ccccc23)cc1. The maximum Gasteiger partial charge on any atom is 0.165 e.